The third-order valence-corrected chi connectivity index (χ3v) is 7.53. The van der Waals surface area contributed by atoms with Gasteiger partial charge in [0.15, 0.2) is 5.11 Å². The van der Waals surface area contributed by atoms with Crippen molar-refractivity contribution in [2.45, 2.75) is 64.0 Å². The first-order valence-electron chi connectivity index (χ1n) is 12.2. The Hall–Kier alpha value is -2.74. The van der Waals surface area contributed by atoms with Crippen LogP contribution in [-0.4, -0.2) is 47.5 Å². The second-order valence-corrected chi connectivity index (χ2v) is 9.82. The molecular weight excluding hydrogens is 450 g/mol. The SMILES string of the molecule is COC(=O)C1CCC2C(=O)N(Cc3ccc(C(=O)NCCC4=CCCCC4)cc3)C(=S)NC2C1. The van der Waals surface area contributed by atoms with Crippen LogP contribution in [0.4, 0.5) is 0 Å². The minimum absolute atomic E-state index is 0.00379. The van der Waals surface area contributed by atoms with Crippen LogP contribution in [0.15, 0.2) is 35.9 Å². The Morgan fingerprint density at radius 3 is 2.71 bits per heavy atom. The Bertz CT molecular complexity index is 975. The van der Waals surface area contributed by atoms with Crippen LogP contribution in [0.5, 0.6) is 0 Å². The summed E-state index contributed by atoms with van der Waals surface area (Å²) in [7, 11) is 1.39. The summed E-state index contributed by atoms with van der Waals surface area (Å²) < 4.78 is 4.87. The summed E-state index contributed by atoms with van der Waals surface area (Å²) in [6.45, 7) is 0.998. The summed E-state index contributed by atoms with van der Waals surface area (Å²) in [6, 6.07) is 7.19. The number of nitrogens with one attached hydrogen (secondary N) is 2. The Balaban J connectivity index is 1.30. The first-order chi connectivity index (χ1) is 16.5. The number of carbonyl (C=O) groups excluding carboxylic acids is 3. The van der Waals surface area contributed by atoms with Gasteiger partial charge in [-0.05, 0) is 81.3 Å². The fourth-order valence-electron chi connectivity index (χ4n) is 5.21. The number of methoxy groups -OCH3 is 1. The summed E-state index contributed by atoms with van der Waals surface area (Å²) in [5, 5.41) is 6.65. The molecule has 3 aliphatic rings. The molecular formula is C26H33N3O4S. The van der Waals surface area contributed by atoms with Gasteiger partial charge >= 0.3 is 5.97 Å². The van der Waals surface area contributed by atoms with Crippen molar-refractivity contribution in [2.75, 3.05) is 13.7 Å². The number of amides is 2. The number of benzene rings is 1. The van der Waals surface area contributed by atoms with Crippen LogP contribution >= 0.6 is 12.2 Å². The van der Waals surface area contributed by atoms with Gasteiger partial charge in [-0.15, -0.1) is 0 Å². The first kappa shape index (κ1) is 24.4. The minimum atomic E-state index is -0.226. The van der Waals surface area contributed by atoms with Gasteiger partial charge in [-0.1, -0.05) is 23.8 Å². The van der Waals surface area contributed by atoms with Crippen molar-refractivity contribution in [1.29, 1.82) is 0 Å². The van der Waals surface area contributed by atoms with E-state index in [1.807, 2.05) is 12.1 Å². The van der Waals surface area contributed by atoms with Gasteiger partial charge in [-0.3, -0.25) is 19.3 Å². The van der Waals surface area contributed by atoms with E-state index in [0.29, 0.717) is 43.0 Å². The molecule has 3 atom stereocenters. The van der Waals surface area contributed by atoms with E-state index in [4.69, 9.17) is 17.0 Å². The first-order valence-corrected chi connectivity index (χ1v) is 12.6. The van der Waals surface area contributed by atoms with E-state index in [-0.39, 0.29) is 35.7 Å². The van der Waals surface area contributed by atoms with Crippen molar-refractivity contribution >= 4 is 35.1 Å². The Labute approximate surface area is 206 Å². The maximum absolute atomic E-state index is 13.2. The summed E-state index contributed by atoms with van der Waals surface area (Å²) in [5.41, 5.74) is 2.95. The molecule has 34 heavy (non-hydrogen) atoms. The van der Waals surface area contributed by atoms with Crippen LogP contribution in [0.1, 0.15) is 67.3 Å². The van der Waals surface area contributed by atoms with Crippen LogP contribution in [0.25, 0.3) is 0 Å². The second-order valence-electron chi connectivity index (χ2n) is 9.43. The van der Waals surface area contributed by atoms with Crippen molar-refractivity contribution < 1.29 is 19.1 Å². The fraction of sp³-hybridized carbons (Fsp3) is 0.538. The van der Waals surface area contributed by atoms with E-state index in [1.54, 1.807) is 17.0 Å². The fourth-order valence-corrected chi connectivity index (χ4v) is 5.51. The predicted molar refractivity (Wildman–Crippen MR) is 133 cm³/mol. The number of hydrogen-bond acceptors (Lipinski definition) is 5. The van der Waals surface area contributed by atoms with Crippen LogP contribution in [0, 0.1) is 11.8 Å². The zero-order valence-electron chi connectivity index (χ0n) is 19.7. The topological polar surface area (TPSA) is 87.7 Å². The maximum atomic E-state index is 13.2. The number of ether oxygens (including phenoxy) is 1. The van der Waals surface area contributed by atoms with Crippen LogP contribution in [0.2, 0.25) is 0 Å². The van der Waals surface area contributed by atoms with E-state index in [0.717, 1.165) is 24.8 Å². The van der Waals surface area contributed by atoms with Crippen molar-refractivity contribution in [3.63, 3.8) is 0 Å². The summed E-state index contributed by atoms with van der Waals surface area (Å²) in [4.78, 5) is 39.2. The molecule has 0 bridgehead atoms. The number of thiocarbonyl (C=S) groups is 1. The van der Waals surface area contributed by atoms with Crippen LogP contribution in [-0.2, 0) is 20.9 Å². The monoisotopic (exact) mass is 483 g/mol. The van der Waals surface area contributed by atoms with Crippen molar-refractivity contribution in [2.24, 2.45) is 11.8 Å². The average Bonchev–Trinajstić information content (AvgIpc) is 2.86. The number of allylic oxidation sites excluding steroid dienone is 1. The van der Waals surface area contributed by atoms with E-state index in [1.165, 1.54) is 25.5 Å². The molecule has 2 amide bonds. The Morgan fingerprint density at radius 1 is 1.21 bits per heavy atom. The lowest BCUT2D eigenvalue weighted by Crippen LogP contribution is -2.61. The number of rotatable bonds is 7. The molecule has 0 aromatic heterocycles. The van der Waals surface area contributed by atoms with Crippen molar-refractivity contribution in [3.8, 4) is 0 Å². The Morgan fingerprint density at radius 2 is 2.00 bits per heavy atom. The number of nitrogens with zero attached hydrogens (tertiary/aromatic N) is 1. The quantitative estimate of drug-likeness (QED) is 0.351. The van der Waals surface area contributed by atoms with Gasteiger partial charge in [0.05, 0.1) is 25.5 Å². The summed E-state index contributed by atoms with van der Waals surface area (Å²) >= 11 is 5.48. The highest BCUT2D eigenvalue weighted by molar-refractivity contribution is 7.80. The number of fused-ring (bicyclic) bond motifs is 1. The normalized spacial score (nSPS) is 24.6. The smallest absolute Gasteiger partial charge is 0.308 e. The molecule has 1 saturated heterocycles. The third kappa shape index (κ3) is 5.66. The highest BCUT2D eigenvalue weighted by Crippen LogP contribution is 2.34. The molecule has 182 valence electrons. The molecule has 8 heteroatoms. The van der Waals surface area contributed by atoms with Crippen molar-refractivity contribution in [1.82, 2.24) is 15.5 Å². The van der Waals surface area contributed by atoms with Crippen molar-refractivity contribution in [3.05, 3.63) is 47.0 Å². The summed E-state index contributed by atoms with van der Waals surface area (Å²) in [6.07, 6.45) is 9.85. The number of hydrogen-bond donors (Lipinski definition) is 2. The van der Waals surface area contributed by atoms with Gasteiger partial charge in [0.1, 0.15) is 0 Å². The van der Waals surface area contributed by atoms with Gasteiger partial charge in [0.25, 0.3) is 5.91 Å². The van der Waals surface area contributed by atoms with E-state index in [9.17, 15) is 14.4 Å². The summed E-state index contributed by atoms with van der Waals surface area (Å²) in [5.74, 6) is -0.706. The zero-order chi connectivity index (χ0) is 24.1. The minimum Gasteiger partial charge on any atom is -0.469 e. The van der Waals surface area contributed by atoms with Gasteiger partial charge in [0.2, 0.25) is 5.91 Å². The number of esters is 1. The largest absolute Gasteiger partial charge is 0.469 e. The highest BCUT2D eigenvalue weighted by atomic mass is 32.1. The lowest BCUT2D eigenvalue weighted by Gasteiger charge is -2.43. The molecule has 0 spiro atoms. The van der Waals surface area contributed by atoms with Crippen LogP contribution in [0.3, 0.4) is 0 Å². The zero-order valence-corrected chi connectivity index (χ0v) is 20.5. The van der Waals surface area contributed by atoms with Gasteiger partial charge in [0, 0.05) is 18.2 Å². The molecule has 4 rings (SSSR count). The average molecular weight is 484 g/mol. The molecule has 1 aliphatic heterocycles. The Kier molecular flexibility index (Phi) is 7.98. The molecule has 3 unspecified atom stereocenters. The maximum Gasteiger partial charge on any atom is 0.308 e. The van der Waals surface area contributed by atoms with E-state index >= 15 is 0 Å². The van der Waals surface area contributed by atoms with E-state index in [2.05, 4.69) is 16.7 Å². The third-order valence-electron chi connectivity index (χ3n) is 7.20. The molecule has 1 aromatic rings. The van der Waals surface area contributed by atoms with Gasteiger partial charge in [-0.2, -0.15) is 0 Å². The standard InChI is InChI=1S/C26H33N3O4S/c1-33-25(32)20-11-12-21-22(15-20)28-26(34)29(24(21)31)16-18-7-9-19(10-8-18)23(30)27-14-13-17-5-3-2-4-6-17/h5,7-10,20-22H,2-4,6,11-16H2,1H3,(H,27,30)(H,28,34). The van der Waals surface area contributed by atoms with Gasteiger partial charge in [-0.25, -0.2) is 0 Å². The lowest BCUT2D eigenvalue weighted by molar-refractivity contribution is -0.149. The molecule has 1 saturated carbocycles. The molecule has 1 heterocycles. The highest BCUT2D eigenvalue weighted by Gasteiger charge is 2.44. The number of carbonyl (C=O) groups is 3. The molecule has 0 radical (unpaired) electrons. The molecule has 7 nitrogen and oxygen atoms in total. The predicted octanol–water partition coefficient (Wildman–Crippen LogP) is 3.48. The molecule has 1 aromatic carbocycles. The molecule has 2 aliphatic carbocycles. The lowest BCUT2D eigenvalue weighted by atomic mass is 9.76. The van der Waals surface area contributed by atoms with E-state index < -0.39 is 0 Å². The molecule has 2 N–H and O–H groups in total. The molecule has 2 fully saturated rings. The van der Waals surface area contributed by atoms with Gasteiger partial charge < -0.3 is 15.4 Å². The van der Waals surface area contributed by atoms with Crippen LogP contribution < -0.4 is 10.6 Å². The second kappa shape index (κ2) is 11.1.